The second-order valence-electron chi connectivity index (χ2n) is 6.08. The zero-order chi connectivity index (χ0) is 18.4. The van der Waals surface area contributed by atoms with Crippen molar-refractivity contribution < 1.29 is 9.53 Å². The quantitative estimate of drug-likeness (QED) is 0.691. The van der Waals surface area contributed by atoms with Crippen LogP contribution in [0.3, 0.4) is 0 Å². The third-order valence-corrected chi connectivity index (χ3v) is 3.73. The van der Waals surface area contributed by atoms with Gasteiger partial charge in [-0.05, 0) is 55.8 Å². The Morgan fingerprint density at radius 2 is 1.77 bits per heavy atom. The molecule has 0 radical (unpaired) electrons. The molecule has 0 saturated heterocycles. The predicted octanol–water partition coefficient (Wildman–Crippen LogP) is 4.46. The maximum atomic E-state index is 12.0. The minimum atomic E-state index is -0.230. The Morgan fingerprint density at radius 3 is 2.46 bits per heavy atom. The molecule has 1 heterocycles. The molecule has 0 saturated carbocycles. The Kier molecular flexibility index (Phi) is 5.49. The molecule has 5 heteroatoms. The predicted molar refractivity (Wildman–Crippen MR) is 104 cm³/mol. The molecular weight excluding hydrogens is 326 g/mol. The van der Waals surface area contributed by atoms with Crippen LogP contribution in [-0.4, -0.2) is 17.5 Å². The number of pyridine rings is 1. The van der Waals surface area contributed by atoms with E-state index in [2.05, 4.69) is 15.6 Å². The summed E-state index contributed by atoms with van der Waals surface area (Å²) in [6.45, 7) is 3.99. The molecule has 0 unspecified atom stereocenters. The third-order valence-electron chi connectivity index (χ3n) is 3.73. The number of hydrogen-bond donors (Lipinski definition) is 2. The maximum absolute atomic E-state index is 12.0. The molecule has 1 amide bonds. The number of hydrogen-bond acceptors (Lipinski definition) is 4. The number of aryl methyl sites for hydroxylation is 2. The van der Waals surface area contributed by atoms with Crippen molar-refractivity contribution in [2.24, 2.45) is 0 Å². The number of rotatable bonds is 6. The lowest BCUT2D eigenvalue weighted by Crippen LogP contribution is -2.20. The lowest BCUT2D eigenvalue weighted by molar-refractivity contribution is -0.118. The average Bonchev–Trinajstić information content (AvgIpc) is 2.63. The SMILES string of the molecule is Cc1ccc(OCC(=O)Nc2ccc(Nc3cccc(C)c3)nc2)cc1. The van der Waals surface area contributed by atoms with Gasteiger partial charge in [0.05, 0.1) is 11.9 Å². The minimum absolute atomic E-state index is 0.0493. The molecule has 0 aliphatic rings. The molecule has 2 aromatic carbocycles. The van der Waals surface area contributed by atoms with E-state index in [1.165, 1.54) is 5.56 Å². The van der Waals surface area contributed by atoms with Crippen LogP contribution in [0, 0.1) is 13.8 Å². The summed E-state index contributed by atoms with van der Waals surface area (Å²) in [7, 11) is 0. The third kappa shape index (κ3) is 5.08. The van der Waals surface area contributed by atoms with Gasteiger partial charge in [0, 0.05) is 5.69 Å². The highest BCUT2D eigenvalue weighted by molar-refractivity contribution is 5.91. The van der Waals surface area contributed by atoms with E-state index in [9.17, 15) is 4.79 Å². The number of ether oxygens (including phenoxy) is 1. The van der Waals surface area contributed by atoms with Crippen LogP contribution in [0.2, 0.25) is 0 Å². The normalized spacial score (nSPS) is 10.2. The van der Waals surface area contributed by atoms with E-state index in [1.807, 2.05) is 68.4 Å². The number of anilines is 3. The molecule has 0 bridgehead atoms. The van der Waals surface area contributed by atoms with Crippen molar-refractivity contribution >= 4 is 23.1 Å². The highest BCUT2D eigenvalue weighted by Crippen LogP contribution is 2.17. The van der Waals surface area contributed by atoms with E-state index in [1.54, 1.807) is 12.3 Å². The summed E-state index contributed by atoms with van der Waals surface area (Å²) < 4.78 is 5.46. The van der Waals surface area contributed by atoms with Crippen molar-refractivity contribution in [3.05, 3.63) is 78.0 Å². The molecule has 5 nitrogen and oxygen atoms in total. The number of benzene rings is 2. The van der Waals surface area contributed by atoms with Crippen LogP contribution in [0.1, 0.15) is 11.1 Å². The van der Waals surface area contributed by atoms with Gasteiger partial charge >= 0.3 is 0 Å². The molecule has 0 spiro atoms. The Morgan fingerprint density at radius 1 is 0.962 bits per heavy atom. The fourth-order valence-electron chi connectivity index (χ4n) is 2.39. The summed E-state index contributed by atoms with van der Waals surface area (Å²) in [6, 6.07) is 19.2. The van der Waals surface area contributed by atoms with Crippen molar-refractivity contribution in [2.75, 3.05) is 17.2 Å². The van der Waals surface area contributed by atoms with Gasteiger partial charge in [-0.2, -0.15) is 0 Å². The second kappa shape index (κ2) is 8.16. The summed E-state index contributed by atoms with van der Waals surface area (Å²) in [6.07, 6.45) is 1.61. The van der Waals surface area contributed by atoms with Crippen molar-refractivity contribution in [3.63, 3.8) is 0 Å². The van der Waals surface area contributed by atoms with Gasteiger partial charge in [0.15, 0.2) is 6.61 Å². The first kappa shape index (κ1) is 17.5. The first-order valence-electron chi connectivity index (χ1n) is 8.37. The molecule has 0 aliphatic heterocycles. The number of nitrogens with one attached hydrogen (secondary N) is 2. The molecule has 2 N–H and O–H groups in total. The molecule has 26 heavy (non-hydrogen) atoms. The maximum Gasteiger partial charge on any atom is 0.262 e. The lowest BCUT2D eigenvalue weighted by Gasteiger charge is -2.09. The first-order valence-corrected chi connectivity index (χ1v) is 8.37. The van der Waals surface area contributed by atoms with Gasteiger partial charge in [-0.3, -0.25) is 4.79 Å². The van der Waals surface area contributed by atoms with E-state index in [0.29, 0.717) is 17.3 Å². The highest BCUT2D eigenvalue weighted by Gasteiger charge is 2.05. The minimum Gasteiger partial charge on any atom is -0.484 e. The van der Waals surface area contributed by atoms with Crippen LogP contribution < -0.4 is 15.4 Å². The summed E-state index contributed by atoms with van der Waals surface area (Å²) in [5.74, 6) is 1.15. The monoisotopic (exact) mass is 347 g/mol. The molecule has 3 aromatic rings. The number of carbonyl (C=O) groups is 1. The number of nitrogens with zero attached hydrogens (tertiary/aromatic N) is 1. The number of aromatic nitrogens is 1. The van der Waals surface area contributed by atoms with Crippen LogP contribution in [0.5, 0.6) is 5.75 Å². The largest absolute Gasteiger partial charge is 0.484 e. The van der Waals surface area contributed by atoms with Gasteiger partial charge in [0.2, 0.25) is 0 Å². The molecule has 1 aromatic heterocycles. The van der Waals surface area contributed by atoms with Crippen molar-refractivity contribution in [1.29, 1.82) is 0 Å². The Balaban J connectivity index is 1.51. The second-order valence-corrected chi connectivity index (χ2v) is 6.08. The fraction of sp³-hybridized carbons (Fsp3) is 0.143. The number of carbonyl (C=O) groups excluding carboxylic acids is 1. The lowest BCUT2D eigenvalue weighted by atomic mass is 10.2. The number of amides is 1. The van der Waals surface area contributed by atoms with Gasteiger partial charge in [0.1, 0.15) is 11.6 Å². The van der Waals surface area contributed by atoms with Crippen LogP contribution in [0.15, 0.2) is 66.9 Å². The van der Waals surface area contributed by atoms with Crippen LogP contribution >= 0.6 is 0 Å². The zero-order valence-electron chi connectivity index (χ0n) is 14.8. The average molecular weight is 347 g/mol. The topological polar surface area (TPSA) is 63.2 Å². The van der Waals surface area contributed by atoms with Crippen molar-refractivity contribution in [1.82, 2.24) is 4.98 Å². The van der Waals surface area contributed by atoms with Gasteiger partial charge in [-0.1, -0.05) is 29.8 Å². The molecule has 0 atom stereocenters. The van der Waals surface area contributed by atoms with Crippen molar-refractivity contribution in [3.8, 4) is 5.75 Å². The van der Waals surface area contributed by atoms with Crippen molar-refractivity contribution in [2.45, 2.75) is 13.8 Å². The molecule has 3 rings (SSSR count). The van der Waals surface area contributed by atoms with Crippen LogP contribution in [0.25, 0.3) is 0 Å². The van der Waals surface area contributed by atoms with E-state index < -0.39 is 0 Å². The Labute approximate surface area is 153 Å². The smallest absolute Gasteiger partial charge is 0.262 e. The molecule has 0 fully saturated rings. The summed E-state index contributed by atoms with van der Waals surface area (Å²) in [5.41, 5.74) is 3.91. The Hall–Kier alpha value is -3.34. The first-order chi connectivity index (χ1) is 12.6. The van der Waals surface area contributed by atoms with Gasteiger partial charge in [-0.25, -0.2) is 4.98 Å². The van der Waals surface area contributed by atoms with Gasteiger partial charge in [0.25, 0.3) is 5.91 Å². The van der Waals surface area contributed by atoms with Crippen LogP contribution in [-0.2, 0) is 4.79 Å². The summed E-state index contributed by atoms with van der Waals surface area (Å²) in [5, 5.41) is 6.00. The zero-order valence-corrected chi connectivity index (χ0v) is 14.8. The van der Waals surface area contributed by atoms with E-state index in [4.69, 9.17) is 4.74 Å². The van der Waals surface area contributed by atoms with Gasteiger partial charge in [-0.15, -0.1) is 0 Å². The fourth-order valence-corrected chi connectivity index (χ4v) is 2.39. The summed E-state index contributed by atoms with van der Waals surface area (Å²) in [4.78, 5) is 16.3. The van der Waals surface area contributed by atoms with E-state index >= 15 is 0 Å². The molecule has 132 valence electrons. The molecular formula is C21H21N3O2. The van der Waals surface area contributed by atoms with E-state index in [-0.39, 0.29) is 12.5 Å². The van der Waals surface area contributed by atoms with E-state index in [0.717, 1.165) is 11.3 Å². The highest BCUT2D eigenvalue weighted by atomic mass is 16.5. The Bertz CT molecular complexity index is 875. The standard InChI is InChI=1S/C21H21N3O2/c1-15-6-9-19(10-7-15)26-14-21(25)24-18-8-11-20(22-13-18)23-17-5-3-4-16(2)12-17/h3-13H,14H2,1-2H3,(H,22,23)(H,24,25). The van der Waals surface area contributed by atoms with Crippen LogP contribution in [0.4, 0.5) is 17.2 Å². The summed E-state index contributed by atoms with van der Waals surface area (Å²) >= 11 is 0. The molecule has 0 aliphatic carbocycles. The van der Waals surface area contributed by atoms with Gasteiger partial charge < -0.3 is 15.4 Å².